The first-order valence-corrected chi connectivity index (χ1v) is 6.97. The minimum atomic E-state index is 0.0331. The van der Waals surface area contributed by atoms with Crippen molar-refractivity contribution in [3.63, 3.8) is 0 Å². The molecule has 0 spiro atoms. The van der Waals surface area contributed by atoms with Gasteiger partial charge >= 0.3 is 0 Å². The number of benzene rings is 1. The van der Waals surface area contributed by atoms with Crippen molar-refractivity contribution in [3.05, 3.63) is 24.4 Å². The predicted molar refractivity (Wildman–Crippen MR) is 78.7 cm³/mol. The first-order chi connectivity index (χ1) is 9.81. The Morgan fingerprint density at radius 1 is 1.35 bits per heavy atom. The smallest absolute Gasteiger partial charge is 0.238 e. The lowest BCUT2D eigenvalue weighted by Crippen LogP contribution is -2.35. The molecule has 0 radical (unpaired) electrons. The normalized spacial score (nSPS) is 17.0. The van der Waals surface area contributed by atoms with Gasteiger partial charge in [-0.05, 0) is 37.7 Å². The minimum Gasteiger partial charge on any atom is -0.325 e. The maximum atomic E-state index is 12.1. The van der Waals surface area contributed by atoms with Gasteiger partial charge < -0.3 is 10.6 Å². The third-order valence-electron chi connectivity index (χ3n) is 3.53. The van der Waals surface area contributed by atoms with E-state index in [1.54, 1.807) is 6.20 Å². The van der Waals surface area contributed by atoms with Crippen molar-refractivity contribution in [2.45, 2.75) is 6.42 Å². The topological polar surface area (TPSA) is 73.1 Å². The molecule has 0 saturated carbocycles. The van der Waals surface area contributed by atoms with E-state index in [2.05, 4.69) is 25.7 Å². The number of aromatic nitrogens is 2. The zero-order valence-electron chi connectivity index (χ0n) is 11.4. The number of rotatable bonds is 3. The molecule has 20 heavy (non-hydrogen) atoms. The van der Waals surface area contributed by atoms with Crippen LogP contribution in [0.2, 0.25) is 0 Å². The number of amides is 1. The highest BCUT2D eigenvalue weighted by molar-refractivity contribution is 5.94. The Morgan fingerprint density at radius 2 is 2.30 bits per heavy atom. The molecular formula is C14H19N5O. The van der Waals surface area contributed by atoms with Crippen molar-refractivity contribution in [1.29, 1.82) is 0 Å². The van der Waals surface area contributed by atoms with Gasteiger partial charge in [-0.2, -0.15) is 5.10 Å². The summed E-state index contributed by atoms with van der Waals surface area (Å²) in [6.45, 7) is 4.33. The van der Waals surface area contributed by atoms with E-state index in [0.29, 0.717) is 6.54 Å². The Balaban J connectivity index is 1.59. The van der Waals surface area contributed by atoms with Crippen molar-refractivity contribution in [1.82, 2.24) is 20.4 Å². The number of fused-ring (bicyclic) bond motifs is 1. The summed E-state index contributed by atoms with van der Waals surface area (Å²) in [5, 5.41) is 14.2. The van der Waals surface area contributed by atoms with Crippen molar-refractivity contribution < 1.29 is 4.79 Å². The van der Waals surface area contributed by atoms with E-state index in [-0.39, 0.29) is 5.91 Å². The van der Waals surface area contributed by atoms with E-state index in [1.165, 1.54) is 0 Å². The molecule has 0 bridgehead atoms. The second kappa shape index (κ2) is 6.02. The van der Waals surface area contributed by atoms with Crippen LogP contribution in [0, 0.1) is 0 Å². The number of nitrogens with zero attached hydrogens (tertiary/aromatic N) is 2. The molecule has 1 aliphatic rings. The number of H-pyrrole nitrogens is 1. The van der Waals surface area contributed by atoms with Gasteiger partial charge in [0.05, 0.1) is 18.3 Å². The number of anilines is 1. The monoisotopic (exact) mass is 273 g/mol. The lowest BCUT2D eigenvalue weighted by Gasteiger charge is -2.18. The minimum absolute atomic E-state index is 0.0331. The quantitative estimate of drug-likeness (QED) is 0.773. The Kier molecular flexibility index (Phi) is 3.94. The van der Waals surface area contributed by atoms with Crippen LogP contribution in [-0.2, 0) is 4.79 Å². The highest BCUT2D eigenvalue weighted by atomic mass is 16.2. The lowest BCUT2D eigenvalue weighted by molar-refractivity contribution is -0.117. The van der Waals surface area contributed by atoms with Gasteiger partial charge in [0, 0.05) is 24.2 Å². The maximum Gasteiger partial charge on any atom is 0.238 e. The van der Waals surface area contributed by atoms with Gasteiger partial charge in [0.1, 0.15) is 0 Å². The summed E-state index contributed by atoms with van der Waals surface area (Å²) in [6.07, 6.45) is 2.86. The molecule has 0 atom stereocenters. The van der Waals surface area contributed by atoms with Crippen molar-refractivity contribution >= 4 is 22.5 Å². The average molecular weight is 273 g/mol. The molecule has 1 saturated heterocycles. The molecule has 6 nitrogen and oxygen atoms in total. The van der Waals surface area contributed by atoms with Gasteiger partial charge in [0.2, 0.25) is 5.91 Å². The van der Waals surface area contributed by atoms with E-state index in [4.69, 9.17) is 0 Å². The van der Waals surface area contributed by atoms with Gasteiger partial charge in [-0.25, -0.2) is 0 Å². The molecule has 1 aromatic heterocycles. The molecule has 3 rings (SSSR count). The van der Waals surface area contributed by atoms with Gasteiger partial charge in [0.25, 0.3) is 0 Å². The van der Waals surface area contributed by atoms with Crippen LogP contribution >= 0.6 is 0 Å². The first-order valence-electron chi connectivity index (χ1n) is 6.97. The SMILES string of the molecule is O=C(CN1CCCNCC1)Nc1ccc2cn[nH]c2c1. The molecule has 0 aliphatic carbocycles. The van der Waals surface area contributed by atoms with Gasteiger partial charge in [-0.1, -0.05) is 0 Å². The molecule has 1 aliphatic heterocycles. The highest BCUT2D eigenvalue weighted by Gasteiger charge is 2.12. The summed E-state index contributed by atoms with van der Waals surface area (Å²) in [5.74, 6) is 0.0331. The Hall–Kier alpha value is -1.92. The van der Waals surface area contributed by atoms with Crippen LogP contribution in [0.4, 0.5) is 5.69 Å². The van der Waals surface area contributed by atoms with E-state index >= 15 is 0 Å². The number of carbonyl (C=O) groups excluding carboxylic acids is 1. The molecule has 3 N–H and O–H groups in total. The summed E-state index contributed by atoms with van der Waals surface area (Å²) in [4.78, 5) is 14.3. The second-order valence-corrected chi connectivity index (χ2v) is 5.10. The fourth-order valence-corrected chi connectivity index (χ4v) is 2.48. The fraction of sp³-hybridized carbons (Fsp3) is 0.429. The molecule has 106 valence electrons. The summed E-state index contributed by atoms with van der Waals surface area (Å²) in [5.41, 5.74) is 1.74. The van der Waals surface area contributed by atoms with E-state index in [0.717, 1.165) is 49.2 Å². The van der Waals surface area contributed by atoms with Crippen LogP contribution in [0.1, 0.15) is 6.42 Å². The van der Waals surface area contributed by atoms with Gasteiger partial charge in [-0.3, -0.25) is 14.8 Å². The number of carbonyl (C=O) groups is 1. The molecule has 1 fully saturated rings. The van der Waals surface area contributed by atoms with Gasteiger partial charge in [0.15, 0.2) is 0 Å². The first kappa shape index (κ1) is 13.1. The molecular weight excluding hydrogens is 254 g/mol. The number of hydrogen-bond acceptors (Lipinski definition) is 4. The number of nitrogens with one attached hydrogen (secondary N) is 3. The van der Waals surface area contributed by atoms with Crippen LogP contribution < -0.4 is 10.6 Å². The van der Waals surface area contributed by atoms with Crippen LogP contribution in [-0.4, -0.2) is 53.7 Å². The molecule has 1 aromatic carbocycles. The largest absolute Gasteiger partial charge is 0.325 e. The zero-order valence-corrected chi connectivity index (χ0v) is 11.4. The van der Waals surface area contributed by atoms with E-state index < -0.39 is 0 Å². The molecule has 1 amide bonds. The van der Waals surface area contributed by atoms with E-state index in [9.17, 15) is 4.79 Å². The third-order valence-corrected chi connectivity index (χ3v) is 3.53. The highest BCUT2D eigenvalue weighted by Crippen LogP contribution is 2.16. The molecule has 2 aromatic rings. The zero-order chi connectivity index (χ0) is 13.8. The van der Waals surface area contributed by atoms with Crippen LogP contribution in [0.15, 0.2) is 24.4 Å². The maximum absolute atomic E-state index is 12.1. The lowest BCUT2D eigenvalue weighted by atomic mass is 10.2. The fourth-order valence-electron chi connectivity index (χ4n) is 2.48. The van der Waals surface area contributed by atoms with Crippen LogP contribution in [0.25, 0.3) is 10.9 Å². The molecule has 2 heterocycles. The number of hydrogen-bond donors (Lipinski definition) is 3. The number of aromatic amines is 1. The third kappa shape index (κ3) is 3.15. The average Bonchev–Trinajstić information content (AvgIpc) is 2.75. The Bertz CT molecular complexity index is 586. The van der Waals surface area contributed by atoms with Crippen molar-refractivity contribution in [3.8, 4) is 0 Å². The van der Waals surface area contributed by atoms with E-state index in [1.807, 2.05) is 18.2 Å². The summed E-state index contributed by atoms with van der Waals surface area (Å²) < 4.78 is 0. The Morgan fingerprint density at radius 3 is 3.25 bits per heavy atom. The second-order valence-electron chi connectivity index (χ2n) is 5.10. The molecule has 0 unspecified atom stereocenters. The van der Waals surface area contributed by atoms with Crippen molar-refractivity contribution in [2.75, 3.05) is 38.0 Å². The summed E-state index contributed by atoms with van der Waals surface area (Å²) in [7, 11) is 0. The van der Waals surface area contributed by atoms with Crippen LogP contribution in [0.3, 0.4) is 0 Å². The molecule has 6 heteroatoms. The Labute approximate surface area is 117 Å². The predicted octanol–water partition coefficient (Wildman–Crippen LogP) is 0.797. The standard InChI is InChI=1S/C14H19N5O/c20-14(10-19-6-1-4-15-5-7-19)17-12-3-2-11-9-16-18-13(11)8-12/h2-3,8-9,15H,1,4-7,10H2,(H,16,18)(H,17,20). The summed E-state index contributed by atoms with van der Waals surface area (Å²) in [6, 6.07) is 5.76. The summed E-state index contributed by atoms with van der Waals surface area (Å²) >= 11 is 0. The van der Waals surface area contributed by atoms with Crippen molar-refractivity contribution in [2.24, 2.45) is 0 Å². The van der Waals surface area contributed by atoms with Crippen LogP contribution in [0.5, 0.6) is 0 Å². The van der Waals surface area contributed by atoms with Gasteiger partial charge in [-0.15, -0.1) is 0 Å².